The van der Waals surface area contributed by atoms with Gasteiger partial charge in [0.25, 0.3) is 5.91 Å². The number of hydrogen-bond acceptors (Lipinski definition) is 2. The first-order valence-electron chi connectivity index (χ1n) is 7.31. The van der Waals surface area contributed by atoms with Crippen molar-refractivity contribution in [3.05, 3.63) is 64.2 Å². The van der Waals surface area contributed by atoms with E-state index in [9.17, 15) is 9.59 Å². The lowest BCUT2D eigenvalue weighted by Crippen LogP contribution is -2.41. The van der Waals surface area contributed by atoms with Crippen molar-refractivity contribution in [3.63, 3.8) is 0 Å². The second-order valence-electron chi connectivity index (χ2n) is 5.51. The summed E-state index contributed by atoms with van der Waals surface area (Å²) in [5, 5.41) is 6.08. The number of rotatable bonds is 4. The normalized spacial score (nSPS) is 11.7. The van der Waals surface area contributed by atoms with Crippen LogP contribution in [0.25, 0.3) is 0 Å². The average Bonchev–Trinajstić information content (AvgIpc) is 2.51. The van der Waals surface area contributed by atoms with Gasteiger partial charge in [-0.1, -0.05) is 23.7 Å². The highest BCUT2D eigenvalue weighted by Gasteiger charge is 2.17. The van der Waals surface area contributed by atoms with E-state index in [1.807, 2.05) is 32.0 Å². The van der Waals surface area contributed by atoms with Gasteiger partial charge >= 0.3 is 0 Å². The number of benzene rings is 2. The fraction of sp³-hybridized carbons (Fsp3) is 0.222. The molecule has 0 aliphatic rings. The molecule has 0 spiro atoms. The molecule has 0 bridgehead atoms. The van der Waals surface area contributed by atoms with Gasteiger partial charge in [0.05, 0.1) is 0 Å². The SMILES string of the molecule is Cc1ccc(C)c(NC(=O)C(C)NC(=O)c2ccc(Cl)cc2)c1. The smallest absolute Gasteiger partial charge is 0.251 e. The lowest BCUT2D eigenvalue weighted by molar-refractivity contribution is -0.117. The first kappa shape index (κ1) is 17.0. The fourth-order valence-electron chi connectivity index (χ4n) is 2.06. The average molecular weight is 331 g/mol. The Kier molecular flexibility index (Phi) is 5.40. The molecule has 0 heterocycles. The van der Waals surface area contributed by atoms with E-state index in [0.29, 0.717) is 10.6 Å². The van der Waals surface area contributed by atoms with Crippen LogP contribution in [0.5, 0.6) is 0 Å². The van der Waals surface area contributed by atoms with Crippen molar-refractivity contribution in [3.8, 4) is 0 Å². The summed E-state index contributed by atoms with van der Waals surface area (Å²) >= 11 is 5.79. The third kappa shape index (κ3) is 4.57. The van der Waals surface area contributed by atoms with Crippen LogP contribution in [0, 0.1) is 13.8 Å². The summed E-state index contributed by atoms with van der Waals surface area (Å²) in [7, 11) is 0. The van der Waals surface area contributed by atoms with Crippen LogP contribution in [-0.2, 0) is 4.79 Å². The topological polar surface area (TPSA) is 58.2 Å². The number of hydrogen-bond donors (Lipinski definition) is 2. The second kappa shape index (κ2) is 7.29. The molecule has 120 valence electrons. The van der Waals surface area contributed by atoms with Crippen LogP contribution in [0.3, 0.4) is 0 Å². The molecule has 2 aromatic rings. The number of amides is 2. The standard InChI is InChI=1S/C18H19ClN2O2/c1-11-4-5-12(2)16(10-11)21-17(22)13(3)20-18(23)14-6-8-15(19)9-7-14/h4-10,13H,1-3H3,(H,20,23)(H,21,22). The van der Waals surface area contributed by atoms with Crippen molar-refractivity contribution >= 4 is 29.1 Å². The molecule has 0 saturated heterocycles. The quantitative estimate of drug-likeness (QED) is 0.897. The molecule has 2 aromatic carbocycles. The number of carbonyl (C=O) groups is 2. The number of aryl methyl sites for hydroxylation is 2. The van der Waals surface area contributed by atoms with E-state index in [-0.39, 0.29) is 11.8 Å². The van der Waals surface area contributed by atoms with E-state index < -0.39 is 6.04 Å². The highest BCUT2D eigenvalue weighted by Crippen LogP contribution is 2.16. The van der Waals surface area contributed by atoms with Gasteiger partial charge < -0.3 is 10.6 Å². The Hall–Kier alpha value is -2.33. The van der Waals surface area contributed by atoms with Gasteiger partial charge in [-0.3, -0.25) is 9.59 Å². The molecule has 2 N–H and O–H groups in total. The third-order valence-corrected chi connectivity index (χ3v) is 3.75. The van der Waals surface area contributed by atoms with E-state index in [0.717, 1.165) is 16.8 Å². The zero-order valence-corrected chi connectivity index (χ0v) is 14.1. The van der Waals surface area contributed by atoms with Crippen molar-refractivity contribution in [2.45, 2.75) is 26.8 Å². The van der Waals surface area contributed by atoms with Gasteiger partial charge in [0.15, 0.2) is 0 Å². The molecule has 0 saturated carbocycles. The predicted octanol–water partition coefficient (Wildman–Crippen LogP) is 3.71. The molecule has 2 amide bonds. The fourth-order valence-corrected chi connectivity index (χ4v) is 2.18. The summed E-state index contributed by atoms with van der Waals surface area (Å²) in [4.78, 5) is 24.4. The number of halogens is 1. The molecule has 2 rings (SSSR count). The molecular formula is C18H19ClN2O2. The molecule has 1 atom stereocenters. The summed E-state index contributed by atoms with van der Waals surface area (Å²) in [5.74, 6) is -0.578. The van der Waals surface area contributed by atoms with Crippen molar-refractivity contribution in [2.75, 3.05) is 5.32 Å². The molecule has 0 aromatic heterocycles. The predicted molar refractivity (Wildman–Crippen MR) is 92.9 cm³/mol. The number of anilines is 1. The molecule has 5 heteroatoms. The highest BCUT2D eigenvalue weighted by atomic mass is 35.5. The Labute approximate surface area is 140 Å². The number of carbonyl (C=O) groups excluding carboxylic acids is 2. The molecule has 23 heavy (non-hydrogen) atoms. The van der Waals surface area contributed by atoms with Gasteiger partial charge in [-0.15, -0.1) is 0 Å². The minimum Gasteiger partial charge on any atom is -0.341 e. The van der Waals surface area contributed by atoms with Crippen LogP contribution in [0.1, 0.15) is 28.4 Å². The van der Waals surface area contributed by atoms with Gasteiger partial charge in [0.1, 0.15) is 6.04 Å². The second-order valence-corrected chi connectivity index (χ2v) is 5.95. The molecule has 0 fully saturated rings. The largest absolute Gasteiger partial charge is 0.341 e. The number of nitrogens with one attached hydrogen (secondary N) is 2. The molecular weight excluding hydrogens is 312 g/mol. The molecule has 0 aliphatic heterocycles. The summed E-state index contributed by atoms with van der Waals surface area (Å²) in [6.45, 7) is 5.53. The lowest BCUT2D eigenvalue weighted by Gasteiger charge is -2.16. The van der Waals surface area contributed by atoms with E-state index in [2.05, 4.69) is 10.6 Å². The Balaban J connectivity index is 2.01. The van der Waals surface area contributed by atoms with Crippen LogP contribution in [0.2, 0.25) is 5.02 Å². The van der Waals surface area contributed by atoms with E-state index >= 15 is 0 Å². The van der Waals surface area contributed by atoms with E-state index in [4.69, 9.17) is 11.6 Å². The van der Waals surface area contributed by atoms with Crippen LogP contribution in [0.4, 0.5) is 5.69 Å². The van der Waals surface area contributed by atoms with E-state index in [1.54, 1.807) is 31.2 Å². The first-order valence-corrected chi connectivity index (χ1v) is 7.69. The summed E-state index contributed by atoms with van der Waals surface area (Å²) in [5.41, 5.74) is 3.24. The minimum atomic E-state index is -0.655. The minimum absolute atomic E-state index is 0.263. The maximum Gasteiger partial charge on any atom is 0.251 e. The molecule has 0 radical (unpaired) electrons. The lowest BCUT2D eigenvalue weighted by atomic mass is 10.1. The van der Waals surface area contributed by atoms with Crippen LogP contribution < -0.4 is 10.6 Å². The zero-order chi connectivity index (χ0) is 17.0. The van der Waals surface area contributed by atoms with Gasteiger partial charge in [-0.2, -0.15) is 0 Å². The van der Waals surface area contributed by atoms with Gasteiger partial charge in [-0.25, -0.2) is 0 Å². The van der Waals surface area contributed by atoms with Crippen molar-refractivity contribution < 1.29 is 9.59 Å². The Bertz CT molecular complexity index is 726. The molecule has 0 aliphatic carbocycles. The maximum absolute atomic E-state index is 12.2. The van der Waals surface area contributed by atoms with Crippen molar-refractivity contribution in [2.24, 2.45) is 0 Å². The first-order chi connectivity index (χ1) is 10.9. The Morgan fingerprint density at radius 3 is 2.35 bits per heavy atom. The van der Waals surface area contributed by atoms with Gasteiger partial charge in [0, 0.05) is 16.3 Å². The van der Waals surface area contributed by atoms with Gasteiger partial charge in [0.2, 0.25) is 5.91 Å². The maximum atomic E-state index is 12.2. The van der Waals surface area contributed by atoms with Gasteiger partial charge in [-0.05, 0) is 62.2 Å². The van der Waals surface area contributed by atoms with E-state index in [1.165, 1.54) is 0 Å². The van der Waals surface area contributed by atoms with Crippen molar-refractivity contribution in [1.29, 1.82) is 0 Å². The summed E-state index contributed by atoms with van der Waals surface area (Å²) in [6, 6.07) is 11.7. The van der Waals surface area contributed by atoms with Crippen LogP contribution in [0.15, 0.2) is 42.5 Å². The van der Waals surface area contributed by atoms with Crippen LogP contribution in [-0.4, -0.2) is 17.9 Å². The third-order valence-electron chi connectivity index (χ3n) is 3.50. The zero-order valence-electron chi connectivity index (χ0n) is 13.3. The molecule has 1 unspecified atom stereocenters. The Morgan fingerprint density at radius 1 is 1.04 bits per heavy atom. The highest BCUT2D eigenvalue weighted by molar-refractivity contribution is 6.30. The summed E-state index contributed by atoms with van der Waals surface area (Å²) in [6.07, 6.45) is 0. The monoisotopic (exact) mass is 330 g/mol. The van der Waals surface area contributed by atoms with Crippen LogP contribution >= 0.6 is 11.6 Å². The summed E-state index contributed by atoms with van der Waals surface area (Å²) < 4.78 is 0. The Morgan fingerprint density at radius 2 is 1.70 bits per heavy atom. The van der Waals surface area contributed by atoms with Crippen molar-refractivity contribution in [1.82, 2.24) is 5.32 Å². The molecule has 4 nitrogen and oxygen atoms in total.